The van der Waals surface area contributed by atoms with Crippen molar-refractivity contribution < 1.29 is 9.53 Å². The molecule has 1 aliphatic rings. The van der Waals surface area contributed by atoms with Crippen LogP contribution in [0.2, 0.25) is 5.02 Å². The van der Waals surface area contributed by atoms with E-state index in [9.17, 15) is 4.79 Å². The van der Waals surface area contributed by atoms with Crippen molar-refractivity contribution in [3.05, 3.63) is 46.5 Å². The highest BCUT2D eigenvalue weighted by Crippen LogP contribution is 2.27. The van der Waals surface area contributed by atoms with Crippen molar-refractivity contribution in [2.24, 2.45) is 0 Å². The lowest BCUT2D eigenvalue weighted by Crippen LogP contribution is -2.28. The van der Waals surface area contributed by atoms with Crippen molar-refractivity contribution in [3.63, 3.8) is 0 Å². The molecular formula is C14H16ClNO2. The molecule has 1 unspecified atom stereocenters. The van der Waals surface area contributed by atoms with Gasteiger partial charge in [-0.3, -0.25) is 0 Å². The van der Waals surface area contributed by atoms with Crippen molar-refractivity contribution in [2.45, 2.75) is 18.9 Å². The molecule has 1 aromatic carbocycles. The molecule has 0 saturated carbocycles. The molecule has 1 heterocycles. The van der Waals surface area contributed by atoms with Gasteiger partial charge in [-0.05, 0) is 37.1 Å². The number of esters is 1. The van der Waals surface area contributed by atoms with E-state index in [-0.39, 0.29) is 12.0 Å². The van der Waals surface area contributed by atoms with Crippen LogP contribution in [0.25, 0.3) is 0 Å². The van der Waals surface area contributed by atoms with Gasteiger partial charge in [0.05, 0.1) is 7.11 Å². The van der Waals surface area contributed by atoms with Gasteiger partial charge in [0, 0.05) is 17.1 Å². The molecule has 1 saturated heterocycles. The van der Waals surface area contributed by atoms with Crippen LogP contribution in [0.15, 0.2) is 35.9 Å². The zero-order chi connectivity index (χ0) is 13.0. The summed E-state index contributed by atoms with van der Waals surface area (Å²) in [5.41, 5.74) is 2.32. The van der Waals surface area contributed by atoms with Crippen LogP contribution < -0.4 is 5.32 Å². The Hall–Kier alpha value is -1.32. The lowest BCUT2D eigenvalue weighted by atomic mass is 9.93. The second-order valence-corrected chi connectivity index (χ2v) is 4.77. The fourth-order valence-electron chi connectivity index (χ4n) is 2.13. The third kappa shape index (κ3) is 3.34. The second-order valence-electron chi connectivity index (χ2n) is 4.34. The number of halogens is 1. The lowest BCUT2D eigenvalue weighted by Gasteiger charge is -2.26. The highest BCUT2D eigenvalue weighted by molar-refractivity contribution is 6.30. The summed E-state index contributed by atoms with van der Waals surface area (Å²) in [5, 5.41) is 4.18. The Morgan fingerprint density at radius 3 is 2.83 bits per heavy atom. The van der Waals surface area contributed by atoms with Crippen molar-refractivity contribution in [3.8, 4) is 0 Å². The van der Waals surface area contributed by atoms with Crippen LogP contribution in [0.1, 0.15) is 24.4 Å². The molecule has 0 aromatic heterocycles. The number of rotatable bonds is 2. The van der Waals surface area contributed by atoms with Crippen LogP contribution in [-0.4, -0.2) is 19.6 Å². The molecule has 3 nitrogen and oxygen atoms in total. The van der Waals surface area contributed by atoms with Crippen LogP contribution in [-0.2, 0) is 9.53 Å². The summed E-state index contributed by atoms with van der Waals surface area (Å²) >= 11 is 5.87. The highest BCUT2D eigenvalue weighted by Gasteiger charge is 2.18. The van der Waals surface area contributed by atoms with Gasteiger partial charge in [-0.15, -0.1) is 0 Å². The van der Waals surface area contributed by atoms with Gasteiger partial charge in [0.2, 0.25) is 0 Å². The molecule has 0 spiro atoms. The van der Waals surface area contributed by atoms with Gasteiger partial charge in [0.25, 0.3) is 0 Å². The molecule has 1 aliphatic heterocycles. The zero-order valence-corrected chi connectivity index (χ0v) is 11.0. The van der Waals surface area contributed by atoms with Crippen molar-refractivity contribution >= 4 is 17.6 Å². The van der Waals surface area contributed by atoms with Crippen LogP contribution in [0.3, 0.4) is 0 Å². The minimum absolute atomic E-state index is 0.243. The molecule has 1 N–H and O–H groups in total. The van der Waals surface area contributed by atoms with Crippen molar-refractivity contribution in [1.29, 1.82) is 0 Å². The Morgan fingerprint density at radius 1 is 1.44 bits per heavy atom. The highest BCUT2D eigenvalue weighted by atomic mass is 35.5. The van der Waals surface area contributed by atoms with Crippen LogP contribution in [0.5, 0.6) is 0 Å². The number of benzene rings is 1. The first-order valence-corrected chi connectivity index (χ1v) is 6.33. The smallest absolute Gasteiger partial charge is 0.330 e. The van der Waals surface area contributed by atoms with E-state index in [4.69, 9.17) is 11.6 Å². The van der Waals surface area contributed by atoms with E-state index in [1.54, 1.807) is 6.08 Å². The molecular weight excluding hydrogens is 250 g/mol. The van der Waals surface area contributed by atoms with E-state index < -0.39 is 0 Å². The summed E-state index contributed by atoms with van der Waals surface area (Å²) in [7, 11) is 1.40. The topological polar surface area (TPSA) is 38.3 Å². The largest absolute Gasteiger partial charge is 0.466 e. The number of piperidine rings is 1. The number of nitrogens with one attached hydrogen (secondary N) is 1. The fraction of sp³-hybridized carbons (Fsp3) is 0.357. The first kappa shape index (κ1) is 13.1. The average molecular weight is 266 g/mol. The van der Waals surface area contributed by atoms with Crippen LogP contribution in [0, 0.1) is 0 Å². The maximum Gasteiger partial charge on any atom is 0.330 e. The predicted molar refractivity (Wildman–Crippen MR) is 71.5 cm³/mol. The molecule has 0 aliphatic carbocycles. The number of hydrogen-bond donors (Lipinski definition) is 1. The average Bonchev–Trinajstić information content (AvgIpc) is 2.40. The Bertz CT molecular complexity index is 453. The van der Waals surface area contributed by atoms with E-state index >= 15 is 0 Å². The second kappa shape index (κ2) is 6.03. The molecule has 0 bridgehead atoms. The molecule has 4 heteroatoms. The van der Waals surface area contributed by atoms with Gasteiger partial charge < -0.3 is 10.1 Å². The maximum absolute atomic E-state index is 11.2. The number of hydrogen-bond acceptors (Lipinski definition) is 3. The Balaban J connectivity index is 2.09. The summed E-state index contributed by atoms with van der Waals surface area (Å²) in [6.07, 6.45) is 3.32. The summed E-state index contributed by atoms with van der Waals surface area (Å²) in [6.45, 7) is 0.871. The van der Waals surface area contributed by atoms with Gasteiger partial charge in [-0.2, -0.15) is 0 Å². The quantitative estimate of drug-likeness (QED) is 0.660. The molecule has 96 valence electrons. The molecule has 1 aromatic rings. The first-order valence-electron chi connectivity index (χ1n) is 5.95. The summed E-state index contributed by atoms with van der Waals surface area (Å²) in [4.78, 5) is 11.2. The van der Waals surface area contributed by atoms with E-state index in [1.165, 1.54) is 12.7 Å². The monoisotopic (exact) mass is 265 g/mol. The van der Waals surface area contributed by atoms with E-state index in [0.29, 0.717) is 0 Å². The van der Waals surface area contributed by atoms with E-state index in [2.05, 4.69) is 10.1 Å². The number of methoxy groups -OCH3 is 1. The van der Waals surface area contributed by atoms with Crippen LogP contribution >= 0.6 is 11.6 Å². The Morgan fingerprint density at radius 2 is 2.17 bits per heavy atom. The summed E-state index contributed by atoms with van der Waals surface area (Å²) in [6, 6.07) is 8.04. The SMILES string of the molecule is COC(=O)/C=C1/CCNC(c2ccc(Cl)cc2)C1. The van der Waals surface area contributed by atoms with Gasteiger partial charge >= 0.3 is 5.97 Å². The maximum atomic E-state index is 11.2. The van der Waals surface area contributed by atoms with Crippen LogP contribution in [0.4, 0.5) is 0 Å². The summed E-state index contributed by atoms with van der Waals surface area (Å²) < 4.78 is 4.66. The minimum atomic E-state index is -0.276. The van der Waals surface area contributed by atoms with Gasteiger partial charge in [-0.25, -0.2) is 4.79 Å². The minimum Gasteiger partial charge on any atom is -0.466 e. The van der Waals surface area contributed by atoms with Gasteiger partial charge in [0.15, 0.2) is 0 Å². The Labute approximate surface area is 112 Å². The number of carbonyl (C=O) groups excluding carboxylic acids is 1. The number of carbonyl (C=O) groups is 1. The summed E-state index contributed by atoms with van der Waals surface area (Å²) in [5.74, 6) is -0.276. The molecule has 0 radical (unpaired) electrons. The molecule has 1 fully saturated rings. The van der Waals surface area contributed by atoms with E-state index in [1.807, 2.05) is 24.3 Å². The first-order chi connectivity index (χ1) is 8.69. The van der Waals surface area contributed by atoms with Gasteiger partial charge in [-0.1, -0.05) is 29.3 Å². The normalized spacial score (nSPS) is 21.9. The standard InChI is InChI=1S/C14H16ClNO2/c1-18-14(17)9-10-6-7-16-13(8-10)11-2-4-12(15)5-3-11/h2-5,9,13,16H,6-8H2,1H3/b10-9-. The molecule has 0 amide bonds. The third-order valence-corrected chi connectivity index (χ3v) is 3.35. The fourth-order valence-corrected chi connectivity index (χ4v) is 2.26. The lowest BCUT2D eigenvalue weighted by molar-refractivity contribution is -0.134. The third-order valence-electron chi connectivity index (χ3n) is 3.10. The van der Waals surface area contributed by atoms with E-state index in [0.717, 1.165) is 30.0 Å². The molecule has 1 atom stereocenters. The molecule has 2 rings (SSSR count). The molecule has 18 heavy (non-hydrogen) atoms. The predicted octanol–water partition coefficient (Wildman–Crippen LogP) is 2.86. The number of ether oxygens (including phenoxy) is 1. The van der Waals surface area contributed by atoms with Crippen molar-refractivity contribution in [2.75, 3.05) is 13.7 Å². The van der Waals surface area contributed by atoms with Gasteiger partial charge in [0.1, 0.15) is 0 Å². The Kier molecular flexibility index (Phi) is 4.39. The zero-order valence-electron chi connectivity index (χ0n) is 10.3. The van der Waals surface area contributed by atoms with Crippen molar-refractivity contribution in [1.82, 2.24) is 5.32 Å².